The lowest BCUT2D eigenvalue weighted by molar-refractivity contribution is -0.132. The van der Waals surface area contributed by atoms with E-state index >= 15 is 0 Å². The molecule has 0 radical (unpaired) electrons. The van der Waals surface area contributed by atoms with Crippen molar-refractivity contribution in [3.8, 4) is 11.5 Å². The second kappa shape index (κ2) is 6.25. The summed E-state index contributed by atoms with van der Waals surface area (Å²) < 4.78 is 18.7. The van der Waals surface area contributed by atoms with Gasteiger partial charge >= 0.3 is 0 Å². The standard InChI is InChI=1S/C16H18FN3O2/c1-2-14(21)20-9-3-4-12(10-20)16-19-18-15(22-16)11-5-7-13(17)8-6-11/h5-8,12H,2-4,9-10H2,1H3. The van der Waals surface area contributed by atoms with E-state index in [2.05, 4.69) is 10.2 Å². The third-order valence-electron chi connectivity index (χ3n) is 3.96. The van der Waals surface area contributed by atoms with Crippen molar-refractivity contribution in [1.29, 1.82) is 0 Å². The molecule has 0 N–H and O–H groups in total. The summed E-state index contributed by atoms with van der Waals surface area (Å²) in [4.78, 5) is 13.7. The van der Waals surface area contributed by atoms with Crippen molar-refractivity contribution in [2.45, 2.75) is 32.1 Å². The summed E-state index contributed by atoms with van der Waals surface area (Å²) in [6, 6.07) is 5.95. The van der Waals surface area contributed by atoms with E-state index in [0.717, 1.165) is 19.4 Å². The highest BCUT2D eigenvalue weighted by atomic mass is 19.1. The van der Waals surface area contributed by atoms with Crippen LogP contribution in [0.5, 0.6) is 0 Å². The van der Waals surface area contributed by atoms with Gasteiger partial charge in [0.2, 0.25) is 17.7 Å². The summed E-state index contributed by atoms with van der Waals surface area (Å²) in [6.45, 7) is 3.28. The second-order valence-electron chi connectivity index (χ2n) is 5.48. The van der Waals surface area contributed by atoms with Gasteiger partial charge in [-0.15, -0.1) is 10.2 Å². The van der Waals surface area contributed by atoms with E-state index < -0.39 is 0 Å². The molecule has 1 amide bonds. The Kier molecular flexibility index (Phi) is 4.18. The highest BCUT2D eigenvalue weighted by molar-refractivity contribution is 5.75. The molecule has 0 saturated carbocycles. The number of hydrogen-bond donors (Lipinski definition) is 0. The molecule has 1 aliphatic heterocycles. The average molecular weight is 303 g/mol. The van der Waals surface area contributed by atoms with Crippen LogP contribution in [0.3, 0.4) is 0 Å². The quantitative estimate of drug-likeness (QED) is 0.874. The fourth-order valence-electron chi connectivity index (χ4n) is 2.74. The maximum atomic E-state index is 12.9. The minimum Gasteiger partial charge on any atom is -0.420 e. The van der Waals surface area contributed by atoms with Gasteiger partial charge in [0.05, 0.1) is 5.92 Å². The van der Waals surface area contributed by atoms with Gasteiger partial charge in [0.15, 0.2) is 0 Å². The molecule has 2 heterocycles. The van der Waals surface area contributed by atoms with Crippen LogP contribution in [-0.4, -0.2) is 34.1 Å². The number of benzene rings is 1. The van der Waals surface area contributed by atoms with Crippen LogP contribution in [0, 0.1) is 5.82 Å². The summed E-state index contributed by atoms with van der Waals surface area (Å²) in [6.07, 6.45) is 2.38. The fourth-order valence-corrected chi connectivity index (χ4v) is 2.74. The average Bonchev–Trinajstić information content (AvgIpc) is 3.05. The first-order valence-electron chi connectivity index (χ1n) is 7.54. The Morgan fingerprint density at radius 1 is 1.36 bits per heavy atom. The predicted molar refractivity (Wildman–Crippen MR) is 78.5 cm³/mol. The zero-order valence-electron chi connectivity index (χ0n) is 12.5. The number of aromatic nitrogens is 2. The Labute approximate surface area is 128 Å². The van der Waals surface area contributed by atoms with Crippen molar-refractivity contribution < 1.29 is 13.6 Å². The first-order chi connectivity index (χ1) is 10.7. The van der Waals surface area contributed by atoms with Crippen molar-refractivity contribution >= 4 is 5.91 Å². The van der Waals surface area contributed by atoms with E-state index in [0.29, 0.717) is 30.3 Å². The van der Waals surface area contributed by atoms with Crippen molar-refractivity contribution in [1.82, 2.24) is 15.1 Å². The minimum absolute atomic E-state index is 0.0750. The van der Waals surface area contributed by atoms with Gasteiger partial charge in [-0.3, -0.25) is 4.79 Å². The Balaban J connectivity index is 1.75. The number of rotatable bonds is 3. The third kappa shape index (κ3) is 3.00. The molecule has 1 aromatic carbocycles. The Morgan fingerprint density at radius 2 is 2.14 bits per heavy atom. The zero-order chi connectivity index (χ0) is 15.5. The summed E-state index contributed by atoms with van der Waals surface area (Å²) in [7, 11) is 0. The van der Waals surface area contributed by atoms with Crippen LogP contribution in [0.4, 0.5) is 4.39 Å². The first kappa shape index (κ1) is 14.7. The summed E-state index contributed by atoms with van der Waals surface area (Å²) in [5.74, 6) is 0.861. The smallest absolute Gasteiger partial charge is 0.247 e. The SMILES string of the molecule is CCC(=O)N1CCCC(c2nnc(-c3ccc(F)cc3)o2)C1. The van der Waals surface area contributed by atoms with Crippen LogP contribution in [0.1, 0.15) is 38.0 Å². The van der Waals surface area contributed by atoms with Gasteiger partial charge in [-0.05, 0) is 37.1 Å². The van der Waals surface area contributed by atoms with E-state index in [9.17, 15) is 9.18 Å². The molecular weight excluding hydrogens is 285 g/mol. The van der Waals surface area contributed by atoms with Gasteiger partial charge < -0.3 is 9.32 Å². The molecule has 6 heteroatoms. The molecule has 0 bridgehead atoms. The molecule has 5 nitrogen and oxygen atoms in total. The Hall–Kier alpha value is -2.24. The van der Waals surface area contributed by atoms with E-state index in [1.54, 1.807) is 12.1 Å². The van der Waals surface area contributed by atoms with Crippen LogP contribution in [-0.2, 0) is 4.79 Å². The normalized spacial score (nSPS) is 18.5. The largest absolute Gasteiger partial charge is 0.420 e. The number of piperidine rings is 1. The van der Waals surface area contributed by atoms with Crippen molar-refractivity contribution in [2.24, 2.45) is 0 Å². The van der Waals surface area contributed by atoms with Gasteiger partial charge in [0.1, 0.15) is 5.82 Å². The Bertz CT molecular complexity index is 654. The molecule has 0 spiro atoms. The summed E-state index contributed by atoms with van der Waals surface area (Å²) in [5, 5.41) is 8.15. The highest BCUT2D eigenvalue weighted by Crippen LogP contribution is 2.28. The van der Waals surface area contributed by atoms with E-state index in [4.69, 9.17) is 4.42 Å². The molecule has 1 unspecified atom stereocenters. The lowest BCUT2D eigenvalue weighted by atomic mass is 9.98. The van der Waals surface area contributed by atoms with E-state index in [1.165, 1.54) is 12.1 Å². The van der Waals surface area contributed by atoms with E-state index in [1.807, 2.05) is 11.8 Å². The van der Waals surface area contributed by atoms with Gasteiger partial charge in [-0.25, -0.2) is 4.39 Å². The van der Waals surface area contributed by atoms with Crippen molar-refractivity contribution in [2.75, 3.05) is 13.1 Å². The third-order valence-corrected chi connectivity index (χ3v) is 3.96. The molecule has 1 saturated heterocycles. The van der Waals surface area contributed by atoms with Crippen LogP contribution >= 0.6 is 0 Å². The topological polar surface area (TPSA) is 59.2 Å². The summed E-state index contributed by atoms with van der Waals surface area (Å²) in [5.41, 5.74) is 0.692. The number of amides is 1. The highest BCUT2D eigenvalue weighted by Gasteiger charge is 2.27. The molecule has 1 aromatic heterocycles. The van der Waals surface area contributed by atoms with Crippen LogP contribution < -0.4 is 0 Å². The predicted octanol–water partition coefficient (Wildman–Crippen LogP) is 2.99. The lowest BCUT2D eigenvalue weighted by Gasteiger charge is -2.30. The molecule has 1 fully saturated rings. The minimum atomic E-state index is -0.301. The molecule has 0 aliphatic carbocycles. The molecule has 22 heavy (non-hydrogen) atoms. The van der Waals surface area contributed by atoms with E-state index in [-0.39, 0.29) is 17.6 Å². The lowest BCUT2D eigenvalue weighted by Crippen LogP contribution is -2.38. The van der Waals surface area contributed by atoms with Gasteiger partial charge in [0.25, 0.3) is 0 Å². The molecule has 3 rings (SSSR count). The van der Waals surface area contributed by atoms with Crippen molar-refractivity contribution in [3.05, 3.63) is 36.0 Å². The molecule has 116 valence electrons. The zero-order valence-corrected chi connectivity index (χ0v) is 12.5. The molecule has 1 aliphatic rings. The fraction of sp³-hybridized carbons (Fsp3) is 0.438. The van der Waals surface area contributed by atoms with Gasteiger partial charge in [-0.1, -0.05) is 6.92 Å². The van der Waals surface area contributed by atoms with Crippen LogP contribution in [0.2, 0.25) is 0 Å². The number of nitrogens with zero attached hydrogens (tertiary/aromatic N) is 3. The van der Waals surface area contributed by atoms with Crippen molar-refractivity contribution in [3.63, 3.8) is 0 Å². The number of halogens is 1. The second-order valence-corrected chi connectivity index (χ2v) is 5.48. The maximum Gasteiger partial charge on any atom is 0.247 e. The van der Waals surface area contributed by atoms with Crippen LogP contribution in [0.25, 0.3) is 11.5 Å². The van der Waals surface area contributed by atoms with Crippen LogP contribution in [0.15, 0.2) is 28.7 Å². The molecule has 1 atom stereocenters. The molecular formula is C16H18FN3O2. The number of likely N-dealkylation sites (tertiary alicyclic amines) is 1. The molecule has 2 aromatic rings. The number of hydrogen-bond acceptors (Lipinski definition) is 4. The Morgan fingerprint density at radius 3 is 2.86 bits per heavy atom. The monoisotopic (exact) mass is 303 g/mol. The number of carbonyl (C=O) groups excluding carboxylic acids is 1. The first-order valence-corrected chi connectivity index (χ1v) is 7.54. The maximum absolute atomic E-state index is 12.9. The number of carbonyl (C=O) groups is 1. The van der Waals surface area contributed by atoms with Gasteiger partial charge in [-0.2, -0.15) is 0 Å². The summed E-state index contributed by atoms with van der Waals surface area (Å²) >= 11 is 0. The van der Waals surface area contributed by atoms with Gasteiger partial charge in [0, 0.05) is 25.1 Å².